The first-order valence-electron chi connectivity index (χ1n) is 10.2. The van der Waals surface area contributed by atoms with Crippen molar-refractivity contribution in [3.8, 4) is 0 Å². The Morgan fingerprint density at radius 1 is 1.11 bits per heavy atom. The van der Waals surface area contributed by atoms with Gasteiger partial charge in [-0.05, 0) is 57.2 Å². The Morgan fingerprint density at radius 2 is 1.81 bits per heavy atom. The van der Waals surface area contributed by atoms with E-state index in [1.165, 1.54) is 24.2 Å². The van der Waals surface area contributed by atoms with Crippen molar-refractivity contribution in [3.63, 3.8) is 0 Å². The minimum atomic E-state index is 0.0632. The Balaban J connectivity index is 1.27. The summed E-state index contributed by atoms with van der Waals surface area (Å²) in [5.41, 5.74) is 3.67. The number of carbonyl (C=O) groups excluding carboxylic acids is 2. The average molecular weight is 370 g/mol. The molecule has 0 unspecified atom stereocenters. The van der Waals surface area contributed by atoms with E-state index in [2.05, 4.69) is 34.7 Å². The van der Waals surface area contributed by atoms with Crippen molar-refractivity contribution in [1.29, 1.82) is 0 Å². The summed E-state index contributed by atoms with van der Waals surface area (Å²) in [6.07, 6.45) is 8.42. The molecule has 3 aliphatic rings. The molecule has 1 aromatic heterocycles. The van der Waals surface area contributed by atoms with Crippen LogP contribution in [0.4, 0.5) is 0 Å². The lowest BCUT2D eigenvalue weighted by atomic mass is 10.2. The Morgan fingerprint density at radius 3 is 2.44 bits per heavy atom. The highest BCUT2D eigenvalue weighted by molar-refractivity contribution is 5.92. The molecule has 2 aliphatic carbocycles. The fourth-order valence-corrected chi connectivity index (χ4v) is 3.96. The minimum Gasteiger partial charge on any atom is -0.352 e. The molecule has 2 saturated carbocycles. The van der Waals surface area contributed by atoms with Crippen LogP contribution >= 0.6 is 0 Å². The van der Waals surface area contributed by atoms with Crippen LogP contribution in [0.25, 0.3) is 6.08 Å². The number of hydrogen-bond donors (Lipinski definition) is 1. The van der Waals surface area contributed by atoms with Crippen LogP contribution in [0.15, 0.2) is 12.1 Å². The Bertz CT molecular complexity index is 750. The molecule has 0 radical (unpaired) electrons. The highest BCUT2D eigenvalue weighted by Gasteiger charge is 2.27. The van der Waals surface area contributed by atoms with E-state index in [9.17, 15) is 9.59 Å². The SMILES string of the molecule is Cc1cc(/C=C/C(=O)N2CCN(CC(=O)NC3CC3)CC2)c(C)n1C1CC1. The van der Waals surface area contributed by atoms with Crippen LogP contribution in [-0.2, 0) is 9.59 Å². The fourth-order valence-electron chi connectivity index (χ4n) is 3.96. The monoisotopic (exact) mass is 370 g/mol. The molecule has 27 heavy (non-hydrogen) atoms. The zero-order chi connectivity index (χ0) is 19.0. The molecule has 4 rings (SSSR count). The molecule has 1 aromatic rings. The molecular formula is C21H30N4O2. The summed E-state index contributed by atoms with van der Waals surface area (Å²) in [6, 6.07) is 3.24. The zero-order valence-electron chi connectivity index (χ0n) is 16.4. The lowest BCUT2D eigenvalue weighted by molar-refractivity contribution is -0.128. The lowest BCUT2D eigenvalue weighted by Crippen LogP contribution is -2.51. The number of hydrogen-bond acceptors (Lipinski definition) is 3. The van der Waals surface area contributed by atoms with Gasteiger partial charge in [0.1, 0.15) is 0 Å². The van der Waals surface area contributed by atoms with Crippen molar-refractivity contribution in [1.82, 2.24) is 19.7 Å². The first-order valence-corrected chi connectivity index (χ1v) is 10.2. The molecule has 3 fully saturated rings. The maximum Gasteiger partial charge on any atom is 0.246 e. The summed E-state index contributed by atoms with van der Waals surface area (Å²) >= 11 is 0. The molecular weight excluding hydrogens is 340 g/mol. The third-order valence-corrected chi connectivity index (χ3v) is 5.83. The maximum absolute atomic E-state index is 12.5. The summed E-state index contributed by atoms with van der Waals surface area (Å²) in [5, 5.41) is 3.02. The molecule has 6 heteroatoms. The summed E-state index contributed by atoms with van der Waals surface area (Å²) < 4.78 is 2.40. The number of carbonyl (C=O) groups is 2. The van der Waals surface area contributed by atoms with Crippen LogP contribution in [-0.4, -0.2) is 64.9 Å². The van der Waals surface area contributed by atoms with Crippen molar-refractivity contribution in [3.05, 3.63) is 29.1 Å². The van der Waals surface area contributed by atoms with E-state index in [0.29, 0.717) is 31.7 Å². The third kappa shape index (κ3) is 4.43. The number of piperazine rings is 1. The van der Waals surface area contributed by atoms with Crippen LogP contribution in [0, 0.1) is 13.8 Å². The molecule has 1 aliphatic heterocycles. The van der Waals surface area contributed by atoms with Crippen LogP contribution in [0.2, 0.25) is 0 Å². The van der Waals surface area contributed by atoms with Gasteiger partial charge in [-0.1, -0.05) is 0 Å². The summed E-state index contributed by atoms with van der Waals surface area (Å²) in [5.74, 6) is 0.177. The minimum absolute atomic E-state index is 0.0632. The van der Waals surface area contributed by atoms with E-state index in [1.54, 1.807) is 6.08 Å². The first-order chi connectivity index (χ1) is 13.0. The second-order valence-electron chi connectivity index (χ2n) is 8.20. The summed E-state index contributed by atoms with van der Waals surface area (Å²) in [7, 11) is 0. The van der Waals surface area contributed by atoms with E-state index in [0.717, 1.165) is 31.5 Å². The Labute approximate surface area is 161 Å². The predicted molar refractivity (Wildman–Crippen MR) is 105 cm³/mol. The quantitative estimate of drug-likeness (QED) is 0.778. The van der Waals surface area contributed by atoms with Gasteiger partial charge in [-0.3, -0.25) is 14.5 Å². The van der Waals surface area contributed by atoms with Crippen molar-refractivity contribution in [2.75, 3.05) is 32.7 Å². The van der Waals surface area contributed by atoms with Gasteiger partial charge in [-0.15, -0.1) is 0 Å². The summed E-state index contributed by atoms with van der Waals surface area (Å²) in [4.78, 5) is 28.5. The van der Waals surface area contributed by atoms with Gasteiger partial charge in [0.05, 0.1) is 6.54 Å². The number of aromatic nitrogens is 1. The van der Waals surface area contributed by atoms with Gasteiger partial charge in [-0.2, -0.15) is 0 Å². The lowest BCUT2D eigenvalue weighted by Gasteiger charge is -2.33. The van der Waals surface area contributed by atoms with Gasteiger partial charge < -0.3 is 14.8 Å². The smallest absolute Gasteiger partial charge is 0.246 e. The van der Waals surface area contributed by atoms with Gasteiger partial charge in [0.15, 0.2) is 0 Å². The van der Waals surface area contributed by atoms with Crippen LogP contribution in [0.3, 0.4) is 0 Å². The highest BCUT2D eigenvalue weighted by atomic mass is 16.2. The molecule has 0 bridgehead atoms. The molecule has 2 amide bonds. The van der Waals surface area contributed by atoms with Gasteiger partial charge in [0.25, 0.3) is 0 Å². The maximum atomic E-state index is 12.5. The molecule has 2 heterocycles. The standard InChI is InChI=1S/C21H30N4O2/c1-15-13-17(16(2)25(15)19-6-7-19)3-8-21(27)24-11-9-23(10-12-24)14-20(26)22-18-4-5-18/h3,8,13,18-19H,4-7,9-12,14H2,1-2H3,(H,22,26)/b8-3+. The number of aryl methyl sites for hydroxylation is 1. The van der Waals surface area contributed by atoms with Gasteiger partial charge in [0.2, 0.25) is 11.8 Å². The van der Waals surface area contributed by atoms with E-state index < -0.39 is 0 Å². The zero-order valence-corrected chi connectivity index (χ0v) is 16.4. The van der Waals surface area contributed by atoms with E-state index in [-0.39, 0.29) is 11.8 Å². The molecule has 0 atom stereocenters. The third-order valence-electron chi connectivity index (χ3n) is 5.83. The first kappa shape index (κ1) is 18.3. The molecule has 146 valence electrons. The average Bonchev–Trinajstić information content (AvgIpc) is 3.55. The molecule has 6 nitrogen and oxygen atoms in total. The van der Waals surface area contributed by atoms with Crippen LogP contribution < -0.4 is 5.32 Å². The van der Waals surface area contributed by atoms with Crippen molar-refractivity contribution in [2.24, 2.45) is 0 Å². The molecule has 1 saturated heterocycles. The number of nitrogens with one attached hydrogen (secondary N) is 1. The summed E-state index contributed by atoms with van der Waals surface area (Å²) in [6.45, 7) is 7.61. The highest BCUT2D eigenvalue weighted by Crippen LogP contribution is 2.38. The largest absolute Gasteiger partial charge is 0.352 e. The van der Waals surface area contributed by atoms with Crippen LogP contribution in [0.5, 0.6) is 0 Å². The van der Waals surface area contributed by atoms with Gasteiger partial charge in [0, 0.05) is 55.7 Å². The van der Waals surface area contributed by atoms with Crippen LogP contribution in [0.1, 0.15) is 48.7 Å². The number of rotatable bonds is 6. The van der Waals surface area contributed by atoms with Crippen molar-refractivity contribution < 1.29 is 9.59 Å². The predicted octanol–water partition coefficient (Wildman–Crippen LogP) is 1.88. The number of amides is 2. The van der Waals surface area contributed by atoms with E-state index in [1.807, 2.05) is 11.0 Å². The molecule has 0 spiro atoms. The Kier molecular flexibility index (Phi) is 5.08. The van der Waals surface area contributed by atoms with Crippen molar-refractivity contribution in [2.45, 2.75) is 51.6 Å². The Hall–Kier alpha value is -2.08. The second kappa shape index (κ2) is 7.50. The van der Waals surface area contributed by atoms with Gasteiger partial charge >= 0.3 is 0 Å². The number of nitrogens with zero attached hydrogens (tertiary/aromatic N) is 3. The van der Waals surface area contributed by atoms with E-state index in [4.69, 9.17) is 0 Å². The normalized spacial score (nSPS) is 21.0. The fraction of sp³-hybridized carbons (Fsp3) is 0.619. The second-order valence-corrected chi connectivity index (χ2v) is 8.20. The topological polar surface area (TPSA) is 57.6 Å². The van der Waals surface area contributed by atoms with Crippen molar-refractivity contribution >= 4 is 17.9 Å². The molecule has 0 aromatic carbocycles. The van der Waals surface area contributed by atoms with Gasteiger partial charge in [-0.25, -0.2) is 0 Å². The molecule has 1 N–H and O–H groups in total. The van der Waals surface area contributed by atoms with E-state index >= 15 is 0 Å².